The molecule has 1 unspecified atom stereocenters. The summed E-state index contributed by atoms with van der Waals surface area (Å²) in [5, 5.41) is 0. The molecule has 0 saturated heterocycles. The highest BCUT2D eigenvalue weighted by molar-refractivity contribution is 6.70. The SMILES string of the molecule is CO[Si]1(OC)CC=CC1C. The van der Waals surface area contributed by atoms with E-state index in [9.17, 15) is 0 Å². The Labute approximate surface area is 63.1 Å². The molecule has 1 aliphatic heterocycles. The Balaban J connectivity index is 2.66. The summed E-state index contributed by atoms with van der Waals surface area (Å²) in [6.07, 6.45) is 4.34. The average molecular weight is 158 g/mol. The maximum absolute atomic E-state index is 5.41. The van der Waals surface area contributed by atoms with Crippen molar-refractivity contribution in [2.45, 2.75) is 18.5 Å². The quantitative estimate of drug-likeness (QED) is 0.449. The van der Waals surface area contributed by atoms with Gasteiger partial charge >= 0.3 is 8.56 Å². The number of rotatable bonds is 2. The van der Waals surface area contributed by atoms with Crippen molar-refractivity contribution in [3.63, 3.8) is 0 Å². The molecule has 0 radical (unpaired) electrons. The third-order valence-electron chi connectivity index (χ3n) is 2.21. The van der Waals surface area contributed by atoms with Gasteiger partial charge in [0.1, 0.15) is 0 Å². The second-order valence-electron chi connectivity index (χ2n) is 2.64. The largest absolute Gasteiger partial charge is 0.397 e. The van der Waals surface area contributed by atoms with Crippen molar-refractivity contribution in [3.05, 3.63) is 12.2 Å². The van der Waals surface area contributed by atoms with Crippen molar-refractivity contribution >= 4 is 8.56 Å². The first-order valence-electron chi connectivity index (χ1n) is 3.52. The molecule has 1 heterocycles. The molecule has 58 valence electrons. The number of allylic oxidation sites excluding steroid dienone is 2. The van der Waals surface area contributed by atoms with Crippen LogP contribution in [0, 0.1) is 0 Å². The highest BCUT2D eigenvalue weighted by atomic mass is 28.4. The minimum atomic E-state index is -1.79. The maximum Gasteiger partial charge on any atom is 0.348 e. The van der Waals surface area contributed by atoms with Crippen LogP contribution in [0.5, 0.6) is 0 Å². The second-order valence-corrected chi connectivity index (χ2v) is 6.40. The standard InChI is InChI=1S/C7H14O2Si/c1-7-5-4-6-10(7,8-2)9-3/h4-5,7H,6H2,1-3H3. The zero-order valence-corrected chi connectivity index (χ0v) is 7.76. The fourth-order valence-electron chi connectivity index (χ4n) is 1.39. The molecule has 0 bridgehead atoms. The Bertz CT molecular complexity index is 141. The lowest BCUT2D eigenvalue weighted by Crippen LogP contribution is -2.40. The third-order valence-corrected chi connectivity index (χ3v) is 5.98. The van der Waals surface area contributed by atoms with Crippen molar-refractivity contribution in [2.75, 3.05) is 14.2 Å². The van der Waals surface area contributed by atoms with Crippen LogP contribution in [0.4, 0.5) is 0 Å². The first-order valence-corrected chi connectivity index (χ1v) is 5.62. The lowest BCUT2D eigenvalue weighted by atomic mass is 10.4. The minimum Gasteiger partial charge on any atom is -0.397 e. The van der Waals surface area contributed by atoms with Crippen molar-refractivity contribution < 1.29 is 8.85 Å². The Morgan fingerprint density at radius 3 is 2.20 bits per heavy atom. The van der Waals surface area contributed by atoms with E-state index in [-0.39, 0.29) is 0 Å². The zero-order valence-electron chi connectivity index (χ0n) is 6.76. The molecule has 0 amide bonds. The zero-order chi connectivity index (χ0) is 7.61. The summed E-state index contributed by atoms with van der Waals surface area (Å²) in [7, 11) is 1.70. The third kappa shape index (κ3) is 1.05. The van der Waals surface area contributed by atoms with E-state index in [0.717, 1.165) is 6.04 Å². The van der Waals surface area contributed by atoms with Crippen LogP contribution in [-0.4, -0.2) is 22.8 Å². The van der Waals surface area contributed by atoms with E-state index in [1.165, 1.54) is 0 Å². The van der Waals surface area contributed by atoms with Gasteiger partial charge in [0.05, 0.1) is 0 Å². The van der Waals surface area contributed by atoms with Crippen LogP contribution < -0.4 is 0 Å². The Kier molecular flexibility index (Phi) is 2.28. The van der Waals surface area contributed by atoms with Crippen LogP contribution in [0.2, 0.25) is 11.6 Å². The monoisotopic (exact) mass is 158 g/mol. The van der Waals surface area contributed by atoms with E-state index in [2.05, 4.69) is 19.1 Å². The number of hydrogen-bond donors (Lipinski definition) is 0. The van der Waals surface area contributed by atoms with Crippen LogP contribution in [-0.2, 0) is 8.85 Å². The Hall–Kier alpha value is -0.123. The van der Waals surface area contributed by atoms with Gasteiger partial charge in [-0.15, -0.1) is 0 Å². The van der Waals surface area contributed by atoms with Crippen LogP contribution in [0.15, 0.2) is 12.2 Å². The van der Waals surface area contributed by atoms with E-state index in [0.29, 0.717) is 5.54 Å². The fourth-order valence-corrected chi connectivity index (χ4v) is 3.90. The maximum atomic E-state index is 5.41. The normalized spacial score (nSPS) is 29.3. The summed E-state index contributed by atoms with van der Waals surface area (Å²) in [6, 6.07) is 1.00. The van der Waals surface area contributed by atoms with E-state index < -0.39 is 8.56 Å². The molecule has 0 aromatic heterocycles. The molecular weight excluding hydrogens is 144 g/mol. The minimum absolute atomic E-state index is 0.502. The lowest BCUT2D eigenvalue weighted by Gasteiger charge is -2.26. The van der Waals surface area contributed by atoms with E-state index in [4.69, 9.17) is 8.85 Å². The first-order chi connectivity index (χ1) is 4.75. The van der Waals surface area contributed by atoms with E-state index in [1.54, 1.807) is 14.2 Å². The predicted molar refractivity (Wildman–Crippen MR) is 43.1 cm³/mol. The van der Waals surface area contributed by atoms with E-state index in [1.807, 2.05) is 0 Å². The highest BCUT2D eigenvalue weighted by Gasteiger charge is 2.42. The number of hydrogen-bond acceptors (Lipinski definition) is 2. The van der Waals surface area contributed by atoms with Crippen molar-refractivity contribution in [1.29, 1.82) is 0 Å². The van der Waals surface area contributed by atoms with Gasteiger partial charge in [-0.3, -0.25) is 0 Å². The summed E-state index contributed by atoms with van der Waals surface area (Å²) in [6.45, 7) is 2.16. The summed E-state index contributed by atoms with van der Waals surface area (Å²) in [4.78, 5) is 0. The highest BCUT2D eigenvalue weighted by Crippen LogP contribution is 2.33. The van der Waals surface area contributed by atoms with Gasteiger partial charge in [-0.1, -0.05) is 19.1 Å². The van der Waals surface area contributed by atoms with Crippen molar-refractivity contribution in [3.8, 4) is 0 Å². The summed E-state index contributed by atoms with van der Waals surface area (Å²) in [5.74, 6) is 0. The Morgan fingerprint density at radius 1 is 1.40 bits per heavy atom. The van der Waals surface area contributed by atoms with Crippen LogP contribution in [0.3, 0.4) is 0 Å². The molecule has 3 heteroatoms. The van der Waals surface area contributed by atoms with Gasteiger partial charge in [-0.25, -0.2) is 0 Å². The molecule has 0 aromatic rings. The molecule has 10 heavy (non-hydrogen) atoms. The molecule has 1 atom stereocenters. The topological polar surface area (TPSA) is 18.5 Å². The van der Waals surface area contributed by atoms with Gasteiger partial charge in [-0.2, -0.15) is 0 Å². The predicted octanol–water partition coefficient (Wildman–Crippen LogP) is 1.68. The van der Waals surface area contributed by atoms with Crippen LogP contribution >= 0.6 is 0 Å². The van der Waals surface area contributed by atoms with Gasteiger partial charge in [0, 0.05) is 25.8 Å². The summed E-state index contributed by atoms with van der Waals surface area (Å²) < 4.78 is 10.8. The van der Waals surface area contributed by atoms with Gasteiger partial charge in [0.2, 0.25) is 0 Å². The fraction of sp³-hybridized carbons (Fsp3) is 0.714. The van der Waals surface area contributed by atoms with Gasteiger partial charge in [0.25, 0.3) is 0 Å². The van der Waals surface area contributed by atoms with Crippen LogP contribution in [0.1, 0.15) is 6.92 Å². The molecule has 0 N–H and O–H groups in total. The molecule has 0 saturated carbocycles. The summed E-state index contributed by atoms with van der Waals surface area (Å²) in [5.41, 5.74) is 0.502. The van der Waals surface area contributed by atoms with Crippen LogP contribution in [0.25, 0.3) is 0 Å². The summed E-state index contributed by atoms with van der Waals surface area (Å²) >= 11 is 0. The molecule has 0 aromatic carbocycles. The van der Waals surface area contributed by atoms with Gasteiger partial charge < -0.3 is 8.85 Å². The lowest BCUT2D eigenvalue weighted by molar-refractivity contribution is 0.242. The van der Waals surface area contributed by atoms with Gasteiger partial charge in [-0.05, 0) is 0 Å². The first kappa shape index (κ1) is 7.98. The second kappa shape index (κ2) is 2.86. The average Bonchev–Trinajstić information content (AvgIpc) is 2.32. The molecule has 1 rings (SSSR count). The van der Waals surface area contributed by atoms with E-state index >= 15 is 0 Å². The molecule has 0 fully saturated rings. The molecular formula is C7H14O2Si. The molecule has 0 aliphatic carbocycles. The Morgan fingerprint density at radius 2 is 2.00 bits per heavy atom. The van der Waals surface area contributed by atoms with Crippen molar-refractivity contribution in [2.24, 2.45) is 0 Å². The molecule has 2 nitrogen and oxygen atoms in total. The smallest absolute Gasteiger partial charge is 0.348 e. The molecule has 1 aliphatic rings. The van der Waals surface area contributed by atoms with Crippen molar-refractivity contribution in [1.82, 2.24) is 0 Å². The van der Waals surface area contributed by atoms with Gasteiger partial charge in [0.15, 0.2) is 0 Å². The molecule has 0 spiro atoms.